The van der Waals surface area contributed by atoms with Crippen molar-refractivity contribution in [2.75, 3.05) is 0 Å². The Bertz CT molecular complexity index is 811. The standard InChI is InChI=1S/C15H13N3O3/c1-10-3-2-4-12(7-10)21-9-14-17-16-13-6-5-11(15(19)20)8-18(13)14/h2-8H,9H2,1H3,(H,19,20). The maximum atomic E-state index is 11.0. The highest BCUT2D eigenvalue weighted by Crippen LogP contribution is 2.15. The summed E-state index contributed by atoms with van der Waals surface area (Å²) in [6.45, 7) is 2.20. The fourth-order valence-electron chi connectivity index (χ4n) is 2.02. The highest BCUT2D eigenvalue weighted by molar-refractivity contribution is 5.87. The van der Waals surface area contributed by atoms with Gasteiger partial charge in [0, 0.05) is 6.20 Å². The van der Waals surface area contributed by atoms with E-state index in [1.165, 1.54) is 12.3 Å². The fraction of sp³-hybridized carbons (Fsp3) is 0.133. The highest BCUT2D eigenvalue weighted by atomic mass is 16.5. The Morgan fingerprint density at radius 1 is 1.29 bits per heavy atom. The third kappa shape index (κ3) is 2.69. The minimum absolute atomic E-state index is 0.180. The number of carbonyl (C=O) groups is 1. The van der Waals surface area contributed by atoms with E-state index < -0.39 is 5.97 Å². The molecule has 6 heteroatoms. The molecule has 0 saturated heterocycles. The van der Waals surface area contributed by atoms with E-state index in [2.05, 4.69) is 10.2 Å². The minimum atomic E-state index is -0.990. The monoisotopic (exact) mass is 283 g/mol. The summed E-state index contributed by atoms with van der Waals surface area (Å²) in [4.78, 5) is 11.0. The molecule has 0 fully saturated rings. The lowest BCUT2D eigenvalue weighted by atomic mass is 10.2. The zero-order valence-corrected chi connectivity index (χ0v) is 11.4. The van der Waals surface area contributed by atoms with Crippen LogP contribution in [0.4, 0.5) is 0 Å². The molecule has 0 aliphatic carbocycles. The number of carboxylic acid groups (broad SMARTS) is 1. The summed E-state index contributed by atoms with van der Waals surface area (Å²) in [7, 11) is 0. The minimum Gasteiger partial charge on any atom is -0.486 e. The van der Waals surface area contributed by atoms with Crippen molar-refractivity contribution < 1.29 is 14.6 Å². The van der Waals surface area contributed by atoms with Crippen molar-refractivity contribution in [1.82, 2.24) is 14.6 Å². The first-order valence-corrected chi connectivity index (χ1v) is 6.40. The Labute approximate surface area is 120 Å². The largest absolute Gasteiger partial charge is 0.486 e. The summed E-state index contributed by atoms with van der Waals surface area (Å²) in [6, 6.07) is 10.8. The third-order valence-corrected chi connectivity index (χ3v) is 3.08. The van der Waals surface area contributed by atoms with Crippen LogP contribution in [0.2, 0.25) is 0 Å². The Balaban J connectivity index is 1.86. The quantitative estimate of drug-likeness (QED) is 0.795. The van der Waals surface area contributed by atoms with Crippen molar-refractivity contribution >= 4 is 11.6 Å². The molecule has 3 aromatic rings. The number of nitrogens with zero attached hydrogens (tertiary/aromatic N) is 3. The Kier molecular flexibility index (Phi) is 3.27. The Morgan fingerprint density at radius 3 is 2.90 bits per heavy atom. The molecule has 0 aliphatic rings. The highest BCUT2D eigenvalue weighted by Gasteiger charge is 2.10. The van der Waals surface area contributed by atoms with Gasteiger partial charge in [0.2, 0.25) is 0 Å². The van der Waals surface area contributed by atoms with Gasteiger partial charge >= 0.3 is 5.97 Å². The molecule has 3 rings (SSSR count). The summed E-state index contributed by atoms with van der Waals surface area (Å²) in [5.74, 6) is 0.298. The van der Waals surface area contributed by atoms with E-state index in [1.807, 2.05) is 31.2 Å². The number of fused-ring (bicyclic) bond motifs is 1. The number of hydrogen-bond acceptors (Lipinski definition) is 4. The normalized spacial score (nSPS) is 10.7. The summed E-state index contributed by atoms with van der Waals surface area (Å²) in [5.41, 5.74) is 1.87. The van der Waals surface area contributed by atoms with E-state index in [1.54, 1.807) is 10.5 Å². The zero-order valence-electron chi connectivity index (χ0n) is 11.4. The first-order chi connectivity index (χ1) is 10.1. The van der Waals surface area contributed by atoms with Crippen LogP contribution in [0.5, 0.6) is 5.75 Å². The van der Waals surface area contributed by atoms with Crippen LogP contribution >= 0.6 is 0 Å². The van der Waals surface area contributed by atoms with Gasteiger partial charge < -0.3 is 9.84 Å². The molecule has 0 unspecified atom stereocenters. The fourth-order valence-corrected chi connectivity index (χ4v) is 2.02. The summed E-state index contributed by atoms with van der Waals surface area (Å²) >= 11 is 0. The van der Waals surface area contributed by atoms with Crippen molar-refractivity contribution in [3.63, 3.8) is 0 Å². The molecule has 0 aliphatic heterocycles. The molecule has 0 atom stereocenters. The second kappa shape index (κ2) is 5.24. The summed E-state index contributed by atoms with van der Waals surface area (Å²) < 4.78 is 7.29. The lowest BCUT2D eigenvalue weighted by Crippen LogP contribution is -2.04. The molecule has 0 bridgehead atoms. The topological polar surface area (TPSA) is 76.7 Å². The van der Waals surface area contributed by atoms with Crippen LogP contribution in [-0.2, 0) is 6.61 Å². The second-order valence-electron chi connectivity index (χ2n) is 4.67. The van der Waals surface area contributed by atoms with Crippen molar-refractivity contribution in [2.24, 2.45) is 0 Å². The van der Waals surface area contributed by atoms with Gasteiger partial charge in [0.1, 0.15) is 12.4 Å². The number of carboxylic acids is 1. The molecule has 1 aromatic carbocycles. The molecule has 21 heavy (non-hydrogen) atoms. The second-order valence-corrected chi connectivity index (χ2v) is 4.67. The van der Waals surface area contributed by atoms with Crippen LogP contribution in [-0.4, -0.2) is 25.7 Å². The molecule has 2 aromatic heterocycles. The Hall–Kier alpha value is -2.89. The molecule has 1 N–H and O–H groups in total. The molecule has 106 valence electrons. The number of hydrogen-bond donors (Lipinski definition) is 1. The average molecular weight is 283 g/mol. The van der Waals surface area contributed by atoms with Crippen LogP contribution in [0.1, 0.15) is 21.7 Å². The smallest absolute Gasteiger partial charge is 0.337 e. The molecule has 2 heterocycles. The average Bonchev–Trinajstić information content (AvgIpc) is 2.87. The van der Waals surface area contributed by atoms with Gasteiger partial charge in [0.25, 0.3) is 0 Å². The first kappa shape index (κ1) is 13.1. The van der Waals surface area contributed by atoms with Gasteiger partial charge in [0.05, 0.1) is 5.56 Å². The lowest BCUT2D eigenvalue weighted by Gasteiger charge is -2.06. The van der Waals surface area contributed by atoms with E-state index in [0.29, 0.717) is 11.5 Å². The van der Waals surface area contributed by atoms with Crippen molar-refractivity contribution in [3.8, 4) is 5.75 Å². The molecule has 6 nitrogen and oxygen atoms in total. The predicted octanol–water partition coefficient (Wildman–Crippen LogP) is 2.31. The van der Waals surface area contributed by atoms with Gasteiger partial charge in [-0.1, -0.05) is 12.1 Å². The number of pyridine rings is 1. The SMILES string of the molecule is Cc1cccc(OCc2nnc3ccc(C(=O)O)cn23)c1. The van der Waals surface area contributed by atoms with Gasteiger partial charge in [0.15, 0.2) is 11.5 Å². The predicted molar refractivity (Wildman–Crippen MR) is 75.5 cm³/mol. The number of benzene rings is 1. The van der Waals surface area contributed by atoms with Crippen molar-refractivity contribution in [2.45, 2.75) is 13.5 Å². The number of aromatic nitrogens is 3. The lowest BCUT2D eigenvalue weighted by molar-refractivity contribution is 0.0696. The number of ether oxygens (including phenoxy) is 1. The van der Waals surface area contributed by atoms with Gasteiger partial charge in [-0.05, 0) is 36.8 Å². The van der Waals surface area contributed by atoms with E-state index in [4.69, 9.17) is 9.84 Å². The molecule has 0 amide bonds. The van der Waals surface area contributed by atoms with Gasteiger partial charge in [-0.2, -0.15) is 0 Å². The molecule has 0 spiro atoms. The molecule has 0 radical (unpaired) electrons. The molecule has 0 saturated carbocycles. The van der Waals surface area contributed by atoms with Crippen LogP contribution < -0.4 is 4.74 Å². The van der Waals surface area contributed by atoms with E-state index in [-0.39, 0.29) is 12.2 Å². The van der Waals surface area contributed by atoms with Gasteiger partial charge in [-0.15, -0.1) is 10.2 Å². The van der Waals surface area contributed by atoms with Crippen LogP contribution in [0, 0.1) is 6.92 Å². The van der Waals surface area contributed by atoms with Crippen molar-refractivity contribution in [1.29, 1.82) is 0 Å². The third-order valence-electron chi connectivity index (χ3n) is 3.08. The van der Waals surface area contributed by atoms with Crippen molar-refractivity contribution in [3.05, 3.63) is 59.5 Å². The van der Waals surface area contributed by atoms with Crippen LogP contribution in [0.15, 0.2) is 42.6 Å². The molecular formula is C15H13N3O3. The van der Waals surface area contributed by atoms with E-state index >= 15 is 0 Å². The maximum absolute atomic E-state index is 11.0. The number of aryl methyl sites for hydroxylation is 1. The Morgan fingerprint density at radius 2 is 2.14 bits per heavy atom. The van der Waals surface area contributed by atoms with E-state index in [9.17, 15) is 4.79 Å². The van der Waals surface area contributed by atoms with Gasteiger partial charge in [-0.25, -0.2) is 4.79 Å². The first-order valence-electron chi connectivity index (χ1n) is 6.40. The van der Waals surface area contributed by atoms with Crippen LogP contribution in [0.3, 0.4) is 0 Å². The number of aromatic carboxylic acids is 1. The molecular weight excluding hydrogens is 270 g/mol. The zero-order chi connectivity index (χ0) is 14.8. The summed E-state index contributed by atoms with van der Waals surface area (Å²) in [5, 5.41) is 17.0. The maximum Gasteiger partial charge on any atom is 0.337 e. The van der Waals surface area contributed by atoms with Crippen LogP contribution in [0.25, 0.3) is 5.65 Å². The number of rotatable bonds is 4. The summed E-state index contributed by atoms with van der Waals surface area (Å²) in [6.07, 6.45) is 1.49. The van der Waals surface area contributed by atoms with E-state index in [0.717, 1.165) is 11.3 Å². The van der Waals surface area contributed by atoms with Gasteiger partial charge in [-0.3, -0.25) is 4.40 Å².